The third kappa shape index (κ3) is 1.40. The number of aryl methyl sites for hydroxylation is 1. The Morgan fingerprint density at radius 3 is 3.14 bits per heavy atom. The molecule has 0 atom stereocenters. The maximum Gasteiger partial charge on any atom is 0.126 e. The first kappa shape index (κ1) is 9.21. The standard InChI is InChI=1S/C10H9ClN2O/c1-7-2-4-13-9(6-7)10(11)8(12-13)3-5-14/h2,4-6H,3H2,1H3. The Morgan fingerprint density at radius 1 is 1.64 bits per heavy atom. The topological polar surface area (TPSA) is 34.4 Å². The van der Waals surface area contributed by atoms with Crippen molar-refractivity contribution in [2.75, 3.05) is 0 Å². The van der Waals surface area contributed by atoms with Crippen LogP contribution in [0.3, 0.4) is 0 Å². The first-order valence-corrected chi connectivity index (χ1v) is 4.67. The van der Waals surface area contributed by atoms with Crippen molar-refractivity contribution in [3.8, 4) is 0 Å². The van der Waals surface area contributed by atoms with Crippen molar-refractivity contribution < 1.29 is 4.79 Å². The Bertz CT molecular complexity index is 490. The first-order valence-electron chi connectivity index (χ1n) is 4.29. The highest BCUT2D eigenvalue weighted by atomic mass is 35.5. The van der Waals surface area contributed by atoms with E-state index in [-0.39, 0.29) is 6.42 Å². The number of hydrogen-bond donors (Lipinski definition) is 0. The van der Waals surface area contributed by atoms with Crippen LogP contribution in [0.15, 0.2) is 18.3 Å². The third-order valence-corrected chi connectivity index (χ3v) is 2.48. The summed E-state index contributed by atoms with van der Waals surface area (Å²) in [5.74, 6) is 0. The molecule has 0 saturated carbocycles. The fourth-order valence-corrected chi connectivity index (χ4v) is 1.64. The Labute approximate surface area is 86.3 Å². The summed E-state index contributed by atoms with van der Waals surface area (Å²) in [7, 11) is 0. The van der Waals surface area contributed by atoms with E-state index in [0.29, 0.717) is 10.7 Å². The molecule has 72 valence electrons. The largest absolute Gasteiger partial charge is 0.303 e. The van der Waals surface area contributed by atoms with Gasteiger partial charge in [-0.2, -0.15) is 5.10 Å². The number of carbonyl (C=O) groups is 1. The SMILES string of the molecule is Cc1ccn2nc(CC=O)c(Cl)c2c1. The molecular weight excluding hydrogens is 200 g/mol. The van der Waals surface area contributed by atoms with Crippen LogP contribution in [-0.2, 0) is 11.2 Å². The Morgan fingerprint density at radius 2 is 2.43 bits per heavy atom. The average Bonchev–Trinajstić information content (AvgIpc) is 2.46. The molecule has 14 heavy (non-hydrogen) atoms. The minimum absolute atomic E-state index is 0.263. The van der Waals surface area contributed by atoms with Gasteiger partial charge >= 0.3 is 0 Å². The second-order valence-corrected chi connectivity index (χ2v) is 3.54. The van der Waals surface area contributed by atoms with Crippen LogP contribution < -0.4 is 0 Å². The molecule has 2 heterocycles. The number of pyridine rings is 1. The summed E-state index contributed by atoms with van der Waals surface area (Å²) >= 11 is 6.07. The first-order chi connectivity index (χ1) is 6.72. The van der Waals surface area contributed by atoms with E-state index in [1.54, 1.807) is 4.52 Å². The number of aromatic nitrogens is 2. The van der Waals surface area contributed by atoms with E-state index < -0.39 is 0 Å². The second-order valence-electron chi connectivity index (χ2n) is 3.17. The molecule has 2 aromatic rings. The van der Waals surface area contributed by atoms with Gasteiger partial charge in [0.1, 0.15) is 6.29 Å². The summed E-state index contributed by atoms with van der Waals surface area (Å²) in [6.07, 6.45) is 2.91. The van der Waals surface area contributed by atoms with Crippen LogP contribution in [0.4, 0.5) is 0 Å². The number of halogens is 1. The fraction of sp³-hybridized carbons (Fsp3) is 0.200. The highest BCUT2D eigenvalue weighted by Crippen LogP contribution is 2.22. The van der Waals surface area contributed by atoms with Gasteiger partial charge in [0.15, 0.2) is 0 Å². The maximum absolute atomic E-state index is 10.4. The third-order valence-electron chi connectivity index (χ3n) is 2.07. The summed E-state index contributed by atoms with van der Waals surface area (Å²) in [6.45, 7) is 1.99. The zero-order valence-corrected chi connectivity index (χ0v) is 8.45. The summed E-state index contributed by atoms with van der Waals surface area (Å²) in [5.41, 5.74) is 2.60. The van der Waals surface area contributed by atoms with Gasteiger partial charge in [0.2, 0.25) is 0 Å². The second kappa shape index (κ2) is 3.42. The monoisotopic (exact) mass is 208 g/mol. The zero-order chi connectivity index (χ0) is 10.1. The number of nitrogens with zero attached hydrogens (tertiary/aromatic N) is 2. The predicted molar refractivity (Wildman–Crippen MR) is 54.7 cm³/mol. The zero-order valence-electron chi connectivity index (χ0n) is 7.70. The molecule has 0 aliphatic carbocycles. The normalized spacial score (nSPS) is 10.7. The van der Waals surface area contributed by atoms with Gasteiger partial charge in [-0.1, -0.05) is 11.6 Å². The van der Waals surface area contributed by atoms with Crippen LogP contribution in [0.2, 0.25) is 5.02 Å². The molecule has 0 aliphatic heterocycles. The number of rotatable bonds is 2. The summed E-state index contributed by atoms with van der Waals surface area (Å²) in [4.78, 5) is 10.4. The lowest BCUT2D eigenvalue weighted by molar-refractivity contribution is -0.107. The van der Waals surface area contributed by atoms with E-state index >= 15 is 0 Å². The molecule has 2 rings (SSSR count). The smallest absolute Gasteiger partial charge is 0.126 e. The van der Waals surface area contributed by atoms with Gasteiger partial charge in [-0.05, 0) is 24.6 Å². The van der Waals surface area contributed by atoms with Crippen molar-refractivity contribution >= 4 is 23.4 Å². The van der Waals surface area contributed by atoms with E-state index in [1.165, 1.54) is 0 Å². The lowest BCUT2D eigenvalue weighted by atomic mass is 10.2. The van der Waals surface area contributed by atoms with Crippen molar-refractivity contribution in [1.29, 1.82) is 0 Å². The average molecular weight is 209 g/mol. The molecule has 4 heteroatoms. The van der Waals surface area contributed by atoms with Gasteiger partial charge in [-0.3, -0.25) is 0 Å². The number of hydrogen-bond acceptors (Lipinski definition) is 2. The molecular formula is C10H9ClN2O. The van der Waals surface area contributed by atoms with Crippen LogP contribution in [0.1, 0.15) is 11.3 Å². The summed E-state index contributed by atoms with van der Waals surface area (Å²) in [5, 5.41) is 4.77. The molecule has 0 radical (unpaired) electrons. The number of carbonyl (C=O) groups excluding carboxylic acids is 1. The molecule has 0 aliphatic rings. The molecule has 3 nitrogen and oxygen atoms in total. The summed E-state index contributed by atoms with van der Waals surface area (Å²) < 4.78 is 1.69. The van der Waals surface area contributed by atoms with Crippen molar-refractivity contribution in [1.82, 2.24) is 9.61 Å². The molecule has 0 aromatic carbocycles. The Balaban J connectivity index is 2.67. The Kier molecular flexibility index (Phi) is 2.25. The molecule has 2 aromatic heterocycles. The molecule has 0 amide bonds. The molecule has 0 saturated heterocycles. The van der Waals surface area contributed by atoms with Gasteiger partial charge < -0.3 is 4.79 Å². The Hall–Kier alpha value is -1.35. The number of fused-ring (bicyclic) bond motifs is 1. The van der Waals surface area contributed by atoms with Gasteiger partial charge in [-0.25, -0.2) is 4.52 Å². The van der Waals surface area contributed by atoms with Gasteiger partial charge in [-0.15, -0.1) is 0 Å². The van der Waals surface area contributed by atoms with Crippen LogP contribution >= 0.6 is 11.6 Å². The van der Waals surface area contributed by atoms with Crippen molar-refractivity contribution in [2.45, 2.75) is 13.3 Å². The molecule has 0 unspecified atom stereocenters. The minimum atomic E-state index is 0.263. The molecule has 0 spiro atoms. The quantitative estimate of drug-likeness (QED) is 0.708. The van der Waals surface area contributed by atoms with Crippen molar-refractivity contribution in [2.24, 2.45) is 0 Å². The number of aldehydes is 1. The van der Waals surface area contributed by atoms with Crippen molar-refractivity contribution in [3.05, 3.63) is 34.6 Å². The maximum atomic E-state index is 10.4. The van der Waals surface area contributed by atoms with Crippen LogP contribution in [-0.4, -0.2) is 15.9 Å². The van der Waals surface area contributed by atoms with E-state index in [2.05, 4.69) is 5.10 Å². The molecule has 0 N–H and O–H groups in total. The van der Waals surface area contributed by atoms with Gasteiger partial charge in [0.05, 0.1) is 16.2 Å². The lowest BCUT2D eigenvalue weighted by Crippen LogP contribution is -1.89. The van der Waals surface area contributed by atoms with Crippen molar-refractivity contribution in [3.63, 3.8) is 0 Å². The van der Waals surface area contributed by atoms with E-state index in [0.717, 1.165) is 17.4 Å². The summed E-state index contributed by atoms with van der Waals surface area (Å²) in [6, 6.07) is 3.89. The lowest BCUT2D eigenvalue weighted by Gasteiger charge is -1.93. The van der Waals surface area contributed by atoms with Crippen LogP contribution in [0.25, 0.3) is 5.52 Å². The molecule has 0 fully saturated rings. The van der Waals surface area contributed by atoms with Crippen LogP contribution in [0, 0.1) is 6.92 Å². The van der Waals surface area contributed by atoms with E-state index in [9.17, 15) is 4.79 Å². The minimum Gasteiger partial charge on any atom is -0.303 e. The highest BCUT2D eigenvalue weighted by molar-refractivity contribution is 6.34. The van der Waals surface area contributed by atoms with Gasteiger partial charge in [0, 0.05) is 12.6 Å². The highest BCUT2D eigenvalue weighted by Gasteiger charge is 2.09. The van der Waals surface area contributed by atoms with E-state index in [4.69, 9.17) is 11.6 Å². The molecule has 0 bridgehead atoms. The van der Waals surface area contributed by atoms with E-state index in [1.807, 2.05) is 25.3 Å². The van der Waals surface area contributed by atoms with Crippen LogP contribution in [0.5, 0.6) is 0 Å². The fourth-order valence-electron chi connectivity index (χ4n) is 1.38. The predicted octanol–water partition coefficient (Wildman–Crippen LogP) is 2.04. The van der Waals surface area contributed by atoms with Gasteiger partial charge in [0.25, 0.3) is 0 Å².